The molecule has 6 nitrogen and oxygen atoms in total. The van der Waals surface area contributed by atoms with Crippen molar-refractivity contribution in [1.82, 2.24) is 0 Å². The first kappa shape index (κ1) is 15.6. The molecule has 1 aromatic rings. The standard InChI is InChI=1S/C14H16O6/c1-3-17-13(15)11(14(16)18-4-2)7-5-9-19-12-8-6-10-20-12/h5-10H,3-4H2,1-2H3. The third-order valence-electron chi connectivity index (χ3n) is 2.01. The van der Waals surface area contributed by atoms with E-state index in [0.717, 1.165) is 0 Å². The summed E-state index contributed by atoms with van der Waals surface area (Å²) in [5.74, 6) is -1.19. The van der Waals surface area contributed by atoms with Crippen molar-refractivity contribution < 1.29 is 28.2 Å². The average Bonchev–Trinajstić information content (AvgIpc) is 2.92. The maximum Gasteiger partial charge on any atom is 0.345 e. The van der Waals surface area contributed by atoms with E-state index in [-0.39, 0.29) is 18.8 Å². The van der Waals surface area contributed by atoms with E-state index in [4.69, 9.17) is 18.6 Å². The van der Waals surface area contributed by atoms with Crippen molar-refractivity contribution in [2.45, 2.75) is 13.8 Å². The molecular weight excluding hydrogens is 264 g/mol. The number of carbonyl (C=O) groups excluding carboxylic acids is 2. The molecule has 6 heteroatoms. The Kier molecular flexibility index (Phi) is 6.67. The van der Waals surface area contributed by atoms with E-state index in [2.05, 4.69) is 0 Å². The highest BCUT2D eigenvalue weighted by Crippen LogP contribution is 2.10. The van der Waals surface area contributed by atoms with Crippen LogP contribution in [0.4, 0.5) is 0 Å². The predicted molar refractivity (Wildman–Crippen MR) is 69.8 cm³/mol. The normalized spacial score (nSPS) is 10.1. The van der Waals surface area contributed by atoms with Gasteiger partial charge in [-0.05, 0) is 32.1 Å². The molecule has 0 aliphatic rings. The van der Waals surface area contributed by atoms with Crippen molar-refractivity contribution in [3.63, 3.8) is 0 Å². The summed E-state index contributed by atoms with van der Waals surface area (Å²) in [7, 11) is 0. The van der Waals surface area contributed by atoms with Crippen molar-refractivity contribution in [2.24, 2.45) is 0 Å². The van der Waals surface area contributed by atoms with Crippen LogP contribution in [0.25, 0.3) is 0 Å². The number of carbonyl (C=O) groups is 2. The van der Waals surface area contributed by atoms with Crippen molar-refractivity contribution in [3.05, 3.63) is 42.4 Å². The molecule has 0 unspecified atom stereocenters. The monoisotopic (exact) mass is 280 g/mol. The largest absolute Gasteiger partial charge is 0.462 e. The van der Waals surface area contributed by atoms with Gasteiger partial charge >= 0.3 is 11.9 Å². The van der Waals surface area contributed by atoms with E-state index >= 15 is 0 Å². The Balaban J connectivity index is 2.70. The Bertz CT molecular complexity index is 464. The van der Waals surface area contributed by atoms with E-state index in [9.17, 15) is 9.59 Å². The number of ether oxygens (including phenoxy) is 3. The van der Waals surface area contributed by atoms with Gasteiger partial charge in [0, 0.05) is 6.07 Å². The van der Waals surface area contributed by atoms with Crippen LogP contribution in [-0.4, -0.2) is 25.2 Å². The molecule has 0 aromatic carbocycles. The molecule has 1 rings (SSSR count). The molecule has 0 N–H and O–H groups in total. The molecule has 1 heterocycles. The quantitative estimate of drug-likeness (QED) is 0.190. The summed E-state index contributed by atoms with van der Waals surface area (Å²) >= 11 is 0. The first-order valence-corrected chi connectivity index (χ1v) is 6.10. The third kappa shape index (κ3) is 5.01. The minimum absolute atomic E-state index is 0.169. The number of rotatable bonds is 7. The molecule has 1 aromatic heterocycles. The van der Waals surface area contributed by atoms with Crippen LogP contribution in [-0.2, 0) is 19.1 Å². The first-order valence-electron chi connectivity index (χ1n) is 6.10. The Labute approximate surface area is 116 Å². The molecule has 0 spiro atoms. The van der Waals surface area contributed by atoms with Gasteiger partial charge in [-0.1, -0.05) is 0 Å². The van der Waals surface area contributed by atoms with Crippen LogP contribution in [0.15, 0.2) is 46.8 Å². The number of hydrogen-bond acceptors (Lipinski definition) is 6. The molecule has 0 saturated heterocycles. The Morgan fingerprint density at radius 1 is 1.20 bits per heavy atom. The molecule has 0 amide bonds. The fraction of sp³-hybridized carbons (Fsp3) is 0.286. The van der Waals surface area contributed by atoms with E-state index in [0.29, 0.717) is 5.95 Å². The summed E-state index contributed by atoms with van der Waals surface area (Å²) in [5, 5.41) is 0. The van der Waals surface area contributed by atoms with Gasteiger partial charge in [0.05, 0.1) is 25.7 Å². The Morgan fingerprint density at radius 3 is 2.35 bits per heavy atom. The molecular formula is C14H16O6. The zero-order valence-corrected chi connectivity index (χ0v) is 11.3. The first-order chi connectivity index (χ1) is 9.69. The maximum atomic E-state index is 11.6. The molecule has 0 bridgehead atoms. The van der Waals surface area contributed by atoms with E-state index in [1.165, 1.54) is 24.7 Å². The molecule has 108 valence electrons. The van der Waals surface area contributed by atoms with Gasteiger partial charge < -0.3 is 18.6 Å². The fourth-order valence-electron chi connectivity index (χ4n) is 1.21. The van der Waals surface area contributed by atoms with Crippen LogP contribution in [0.2, 0.25) is 0 Å². The third-order valence-corrected chi connectivity index (χ3v) is 2.01. The second-order valence-electron chi connectivity index (χ2n) is 3.40. The lowest BCUT2D eigenvalue weighted by atomic mass is 10.2. The molecule has 0 aliphatic heterocycles. The van der Waals surface area contributed by atoms with Gasteiger partial charge in [-0.3, -0.25) is 0 Å². The summed E-state index contributed by atoms with van der Waals surface area (Å²) in [4.78, 5) is 23.2. The van der Waals surface area contributed by atoms with Gasteiger partial charge in [0.15, 0.2) is 0 Å². The smallest absolute Gasteiger partial charge is 0.345 e. The van der Waals surface area contributed by atoms with Crippen LogP contribution in [0.3, 0.4) is 0 Å². The van der Waals surface area contributed by atoms with Gasteiger partial charge in [-0.15, -0.1) is 0 Å². The molecule has 0 fully saturated rings. The summed E-state index contributed by atoms with van der Waals surface area (Å²) in [6.07, 6.45) is 5.38. The van der Waals surface area contributed by atoms with Crippen LogP contribution in [0.5, 0.6) is 5.95 Å². The number of hydrogen-bond donors (Lipinski definition) is 0. The van der Waals surface area contributed by atoms with Crippen molar-refractivity contribution in [1.29, 1.82) is 0 Å². The summed E-state index contributed by atoms with van der Waals surface area (Å²) < 4.78 is 19.6. The minimum Gasteiger partial charge on any atom is -0.462 e. The van der Waals surface area contributed by atoms with Gasteiger partial charge in [0.2, 0.25) is 0 Å². The lowest BCUT2D eigenvalue weighted by Crippen LogP contribution is -2.18. The Hall–Kier alpha value is -2.50. The van der Waals surface area contributed by atoms with Gasteiger partial charge in [0.25, 0.3) is 5.95 Å². The van der Waals surface area contributed by atoms with Crippen LogP contribution in [0, 0.1) is 0 Å². The highest BCUT2D eigenvalue weighted by molar-refractivity contribution is 6.14. The van der Waals surface area contributed by atoms with Crippen molar-refractivity contribution >= 4 is 11.9 Å². The number of esters is 2. The van der Waals surface area contributed by atoms with E-state index in [1.807, 2.05) is 0 Å². The summed E-state index contributed by atoms with van der Waals surface area (Å²) in [6.45, 7) is 3.64. The highest BCUT2D eigenvalue weighted by Gasteiger charge is 2.19. The molecule has 0 saturated carbocycles. The molecule has 0 aliphatic carbocycles. The van der Waals surface area contributed by atoms with Crippen LogP contribution in [0.1, 0.15) is 13.8 Å². The van der Waals surface area contributed by atoms with Crippen molar-refractivity contribution in [2.75, 3.05) is 13.2 Å². The lowest BCUT2D eigenvalue weighted by molar-refractivity contribution is -0.146. The average molecular weight is 280 g/mol. The Morgan fingerprint density at radius 2 is 1.85 bits per heavy atom. The highest BCUT2D eigenvalue weighted by atomic mass is 16.6. The summed E-state index contributed by atoms with van der Waals surface area (Å²) in [5.41, 5.74) is -0.201. The fourth-order valence-corrected chi connectivity index (χ4v) is 1.21. The maximum absolute atomic E-state index is 11.6. The zero-order chi connectivity index (χ0) is 14.8. The van der Waals surface area contributed by atoms with Gasteiger partial charge in [-0.25, -0.2) is 9.59 Å². The van der Waals surface area contributed by atoms with E-state index in [1.54, 1.807) is 26.0 Å². The second-order valence-corrected chi connectivity index (χ2v) is 3.40. The van der Waals surface area contributed by atoms with Gasteiger partial charge in [0.1, 0.15) is 5.57 Å². The van der Waals surface area contributed by atoms with E-state index < -0.39 is 11.9 Å². The molecule has 20 heavy (non-hydrogen) atoms. The van der Waals surface area contributed by atoms with Crippen LogP contribution >= 0.6 is 0 Å². The summed E-state index contributed by atoms with van der Waals surface area (Å²) in [6, 6.07) is 3.29. The molecule has 0 atom stereocenters. The minimum atomic E-state index is -0.742. The number of allylic oxidation sites excluding steroid dienone is 2. The van der Waals surface area contributed by atoms with Gasteiger partial charge in [-0.2, -0.15) is 0 Å². The SMILES string of the molecule is CCOC(=O)C(=CC=COc1ccco1)C(=O)OCC. The lowest BCUT2D eigenvalue weighted by Gasteiger charge is -2.05. The zero-order valence-electron chi connectivity index (χ0n) is 11.3. The molecule has 0 radical (unpaired) electrons. The van der Waals surface area contributed by atoms with Crippen LogP contribution < -0.4 is 4.74 Å². The topological polar surface area (TPSA) is 75.0 Å². The number of furan rings is 1. The second kappa shape index (κ2) is 8.58. The van der Waals surface area contributed by atoms with Crippen molar-refractivity contribution in [3.8, 4) is 5.95 Å². The predicted octanol–water partition coefficient (Wildman–Crippen LogP) is 2.22.